The number of likely N-dealkylation sites (tertiary alicyclic amines) is 1. The van der Waals surface area contributed by atoms with Gasteiger partial charge in [-0.1, -0.05) is 0 Å². The molecule has 2 atom stereocenters. The quantitative estimate of drug-likeness (QED) is 0.532. The van der Waals surface area contributed by atoms with Gasteiger partial charge >= 0.3 is 0 Å². The number of hydrogen-bond donors (Lipinski definition) is 0. The van der Waals surface area contributed by atoms with Gasteiger partial charge in [0.2, 0.25) is 5.88 Å². The summed E-state index contributed by atoms with van der Waals surface area (Å²) in [7, 11) is 1.39. The Kier molecular flexibility index (Phi) is 6.84. The first kappa shape index (κ1) is 23.9. The number of nitrogens with zero attached hydrogens (tertiary/aromatic N) is 6. The number of aromatic nitrogens is 5. The SMILES string of the molecule is COc1ncc(-n2nc(-c3cnn(CC4CCN(C(C)C)CC4F)c3)c3c2CCOCC3)cc1F. The molecule has 0 N–H and O–H groups in total. The summed E-state index contributed by atoms with van der Waals surface area (Å²) in [5, 5.41) is 9.39. The molecular formula is C25H32F2N6O2. The minimum atomic E-state index is -0.871. The van der Waals surface area contributed by atoms with Crippen molar-refractivity contribution in [2.24, 2.45) is 5.92 Å². The Labute approximate surface area is 203 Å². The first-order valence-electron chi connectivity index (χ1n) is 12.2. The first-order chi connectivity index (χ1) is 16.9. The lowest BCUT2D eigenvalue weighted by atomic mass is 9.94. The average Bonchev–Trinajstić information content (AvgIpc) is 3.37. The van der Waals surface area contributed by atoms with Crippen molar-refractivity contribution in [2.75, 3.05) is 33.4 Å². The number of fused-ring (bicyclic) bond motifs is 1. The molecule has 10 heteroatoms. The molecule has 2 unspecified atom stereocenters. The van der Waals surface area contributed by atoms with Crippen molar-refractivity contribution in [1.29, 1.82) is 0 Å². The number of piperidine rings is 1. The molecule has 2 aliphatic heterocycles. The Morgan fingerprint density at radius 1 is 1.23 bits per heavy atom. The van der Waals surface area contributed by atoms with E-state index < -0.39 is 12.0 Å². The van der Waals surface area contributed by atoms with E-state index in [1.807, 2.05) is 10.9 Å². The van der Waals surface area contributed by atoms with Crippen LogP contribution in [0.1, 0.15) is 31.5 Å². The second-order valence-electron chi connectivity index (χ2n) is 9.59. The number of hydrogen-bond acceptors (Lipinski definition) is 6. The second kappa shape index (κ2) is 10.0. The van der Waals surface area contributed by atoms with E-state index in [1.165, 1.54) is 13.2 Å². The molecule has 188 valence electrons. The van der Waals surface area contributed by atoms with E-state index in [0.717, 1.165) is 35.5 Å². The molecular weight excluding hydrogens is 454 g/mol. The Morgan fingerprint density at radius 3 is 2.80 bits per heavy atom. The Hall–Kier alpha value is -2.85. The summed E-state index contributed by atoms with van der Waals surface area (Å²) >= 11 is 0. The fraction of sp³-hybridized carbons (Fsp3) is 0.560. The number of pyridine rings is 1. The highest BCUT2D eigenvalue weighted by molar-refractivity contribution is 5.64. The molecule has 35 heavy (non-hydrogen) atoms. The molecule has 2 aliphatic rings. The molecule has 5 heterocycles. The number of rotatable bonds is 6. The molecule has 8 nitrogen and oxygen atoms in total. The summed E-state index contributed by atoms with van der Waals surface area (Å²) in [5.74, 6) is -0.658. The van der Waals surface area contributed by atoms with E-state index in [2.05, 4.69) is 28.8 Å². The van der Waals surface area contributed by atoms with E-state index in [0.29, 0.717) is 50.9 Å². The van der Waals surface area contributed by atoms with Crippen LogP contribution in [0.3, 0.4) is 0 Å². The molecule has 0 amide bonds. The molecule has 0 radical (unpaired) electrons. The Morgan fingerprint density at radius 2 is 2.06 bits per heavy atom. The first-order valence-corrected chi connectivity index (χ1v) is 12.2. The van der Waals surface area contributed by atoms with Crippen LogP contribution in [0, 0.1) is 11.7 Å². The van der Waals surface area contributed by atoms with Crippen molar-refractivity contribution >= 4 is 0 Å². The van der Waals surface area contributed by atoms with Crippen LogP contribution in [-0.4, -0.2) is 75.1 Å². The van der Waals surface area contributed by atoms with Crippen LogP contribution in [-0.2, 0) is 24.1 Å². The third-order valence-corrected chi connectivity index (χ3v) is 7.07. The summed E-state index contributed by atoms with van der Waals surface area (Å²) in [4.78, 5) is 6.27. The van der Waals surface area contributed by atoms with Crippen LogP contribution in [0.4, 0.5) is 8.78 Å². The third-order valence-electron chi connectivity index (χ3n) is 7.07. The maximum absolute atomic E-state index is 14.9. The normalized spacial score (nSPS) is 21.2. The van der Waals surface area contributed by atoms with Crippen molar-refractivity contribution in [2.45, 2.75) is 51.9 Å². The van der Waals surface area contributed by atoms with Crippen LogP contribution in [0.2, 0.25) is 0 Å². The van der Waals surface area contributed by atoms with E-state index in [1.54, 1.807) is 17.1 Å². The van der Waals surface area contributed by atoms with Gasteiger partial charge in [-0.15, -0.1) is 0 Å². The Balaban J connectivity index is 1.42. The van der Waals surface area contributed by atoms with Gasteiger partial charge in [0.15, 0.2) is 5.82 Å². The molecule has 3 aromatic heterocycles. The molecule has 1 saturated heterocycles. The molecule has 0 spiro atoms. The molecule has 0 saturated carbocycles. The smallest absolute Gasteiger partial charge is 0.250 e. The molecule has 1 fully saturated rings. The minimum Gasteiger partial charge on any atom is -0.479 e. The lowest BCUT2D eigenvalue weighted by Gasteiger charge is -2.36. The van der Waals surface area contributed by atoms with Gasteiger partial charge in [-0.25, -0.2) is 18.4 Å². The number of methoxy groups -OCH3 is 1. The zero-order valence-electron chi connectivity index (χ0n) is 20.5. The predicted octanol–water partition coefficient (Wildman–Crippen LogP) is 3.46. The van der Waals surface area contributed by atoms with Gasteiger partial charge in [0.05, 0.1) is 49.8 Å². The van der Waals surface area contributed by atoms with Crippen LogP contribution < -0.4 is 4.74 Å². The molecule has 0 aromatic carbocycles. The summed E-state index contributed by atoms with van der Waals surface area (Å²) in [5.41, 5.74) is 4.21. The van der Waals surface area contributed by atoms with E-state index in [-0.39, 0.29) is 11.8 Å². The van der Waals surface area contributed by atoms with Gasteiger partial charge in [0.25, 0.3) is 0 Å². The molecule has 0 aliphatic carbocycles. The number of halogens is 2. The van der Waals surface area contributed by atoms with Crippen LogP contribution in [0.25, 0.3) is 16.9 Å². The Bertz CT molecular complexity index is 1180. The van der Waals surface area contributed by atoms with Crippen molar-refractivity contribution in [3.8, 4) is 22.8 Å². The van der Waals surface area contributed by atoms with Gasteiger partial charge in [0.1, 0.15) is 6.17 Å². The average molecular weight is 487 g/mol. The summed E-state index contributed by atoms with van der Waals surface area (Å²) in [6.45, 7) is 7.28. The highest BCUT2D eigenvalue weighted by Gasteiger charge is 2.31. The molecule has 3 aromatic rings. The van der Waals surface area contributed by atoms with Crippen LogP contribution in [0.15, 0.2) is 24.7 Å². The van der Waals surface area contributed by atoms with Gasteiger partial charge in [-0.2, -0.15) is 10.2 Å². The summed E-state index contributed by atoms with van der Waals surface area (Å²) in [6, 6.07) is 1.73. The number of alkyl halides is 1. The number of ether oxygens (including phenoxy) is 2. The van der Waals surface area contributed by atoms with Crippen molar-refractivity contribution < 1.29 is 18.3 Å². The summed E-state index contributed by atoms with van der Waals surface area (Å²) < 4.78 is 43.5. The van der Waals surface area contributed by atoms with Crippen LogP contribution >= 0.6 is 0 Å². The zero-order valence-corrected chi connectivity index (χ0v) is 20.5. The standard InChI is InChI=1S/C25H32F2N6O2/c1-16(2)31-7-4-17(22(27)15-31)13-32-14-18(11-29-32)24-20-5-8-35-9-6-23(20)33(30-24)19-10-21(26)25(34-3)28-12-19/h10-12,14,16-17,22H,4-9,13,15H2,1-3H3. The van der Waals surface area contributed by atoms with Gasteiger partial charge < -0.3 is 9.47 Å². The van der Waals surface area contributed by atoms with Gasteiger partial charge in [-0.05, 0) is 33.2 Å². The van der Waals surface area contributed by atoms with Crippen LogP contribution in [0.5, 0.6) is 5.88 Å². The minimum absolute atomic E-state index is 0.0535. The van der Waals surface area contributed by atoms with Crippen molar-refractivity contribution in [3.63, 3.8) is 0 Å². The molecule has 5 rings (SSSR count). The predicted molar refractivity (Wildman–Crippen MR) is 127 cm³/mol. The zero-order chi connectivity index (χ0) is 24.5. The lowest BCUT2D eigenvalue weighted by molar-refractivity contribution is 0.0563. The van der Waals surface area contributed by atoms with Gasteiger partial charge in [-0.3, -0.25) is 9.58 Å². The molecule has 0 bridgehead atoms. The van der Waals surface area contributed by atoms with E-state index >= 15 is 0 Å². The summed E-state index contributed by atoms with van der Waals surface area (Å²) in [6.07, 6.45) is 6.56. The van der Waals surface area contributed by atoms with E-state index in [9.17, 15) is 8.78 Å². The lowest BCUT2D eigenvalue weighted by Crippen LogP contribution is -2.46. The second-order valence-corrected chi connectivity index (χ2v) is 9.59. The largest absolute Gasteiger partial charge is 0.479 e. The fourth-order valence-electron chi connectivity index (χ4n) is 5.05. The van der Waals surface area contributed by atoms with Crippen molar-refractivity contribution in [1.82, 2.24) is 29.4 Å². The van der Waals surface area contributed by atoms with E-state index in [4.69, 9.17) is 14.6 Å². The third kappa shape index (κ3) is 4.81. The fourth-order valence-corrected chi connectivity index (χ4v) is 5.05. The maximum atomic E-state index is 14.9. The van der Waals surface area contributed by atoms with Gasteiger partial charge in [0, 0.05) is 54.9 Å². The topological polar surface area (TPSA) is 70.2 Å². The highest BCUT2D eigenvalue weighted by Crippen LogP contribution is 2.31. The monoisotopic (exact) mass is 486 g/mol. The maximum Gasteiger partial charge on any atom is 0.250 e. The highest BCUT2D eigenvalue weighted by atomic mass is 19.1. The van der Waals surface area contributed by atoms with Crippen molar-refractivity contribution in [3.05, 3.63) is 41.7 Å².